The average Bonchev–Trinajstić information content (AvgIpc) is 2.10. The van der Waals surface area contributed by atoms with E-state index < -0.39 is 0 Å². The van der Waals surface area contributed by atoms with E-state index in [9.17, 15) is 0 Å². The molecule has 0 aromatic rings. The van der Waals surface area contributed by atoms with Crippen molar-refractivity contribution in [2.75, 3.05) is 6.54 Å². The Bertz CT molecular complexity index is 194. The van der Waals surface area contributed by atoms with Crippen LogP contribution in [-0.4, -0.2) is 12.6 Å². The van der Waals surface area contributed by atoms with E-state index in [0.717, 1.165) is 24.3 Å². The van der Waals surface area contributed by atoms with E-state index in [1.165, 1.54) is 19.3 Å². The summed E-state index contributed by atoms with van der Waals surface area (Å²) in [6.07, 6.45) is 4.26. The van der Waals surface area contributed by atoms with Crippen LogP contribution in [0.4, 0.5) is 0 Å². The Morgan fingerprint density at radius 1 is 1.06 bits per heavy atom. The van der Waals surface area contributed by atoms with Gasteiger partial charge in [-0.15, -0.1) is 0 Å². The minimum absolute atomic E-state index is 0.386. The molecule has 0 aromatic carbocycles. The minimum atomic E-state index is 0.386. The van der Waals surface area contributed by atoms with E-state index in [0.29, 0.717) is 11.5 Å². The van der Waals surface area contributed by atoms with Gasteiger partial charge in [-0.1, -0.05) is 41.5 Å². The van der Waals surface area contributed by atoms with E-state index in [1.807, 2.05) is 0 Å². The molecule has 1 fully saturated rings. The predicted molar refractivity (Wildman–Crippen MR) is 72.6 cm³/mol. The van der Waals surface area contributed by atoms with Crippen molar-refractivity contribution in [1.29, 1.82) is 0 Å². The van der Waals surface area contributed by atoms with Crippen molar-refractivity contribution in [3.8, 4) is 0 Å². The lowest BCUT2D eigenvalue weighted by Crippen LogP contribution is -2.47. The number of rotatable bonds is 3. The largest absolute Gasteiger partial charge is 0.313 e. The van der Waals surface area contributed by atoms with E-state index in [2.05, 4.69) is 46.9 Å². The first-order chi connectivity index (χ1) is 7.34. The second kappa shape index (κ2) is 5.53. The normalized spacial score (nSPS) is 33.8. The van der Waals surface area contributed by atoms with Crippen molar-refractivity contribution in [3.63, 3.8) is 0 Å². The molecule has 1 rings (SSSR count). The molecule has 16 heavy (non-hydrogen) atoms. The van der Waals surface area contributed by atoms with Gasteiger partial charge in [0, 0.05) is 6.04 Å². The Kier molecular flexibility index (Phi) is 4.85. The molecule has 3 unspecified atom stereocenters. The first-order valence-electron chi connectivity index (χ1n) is 7.08. The third-order valence-corrected chi connectivity index (χ3v) is 4.04. The highest BCUT2D eigenvalue weighted by molar-refractivity contribution is 4.90. The maximum Gasteiger partial charge on any atom is 0.0144 e. The second-order valence-corrected chi connectivity index (χ2v) is 7.08. The van der Waals surface area contributed by atoms with Crippen molar-refractivity contribution >= 4 is 0 Å². The predicted octanol–water partition coefficient (Wildman–Crippen LogP) is 4.08. The van der Waals surface area contributed by atoms with Gasteiger partial charge in [0.2, 0.25) is 0 Å². The van der Waals surface area contributed by atoms with Crippen molar-refractivity contribution in [3.05, 3.63) is 0 Å². The second-order valence-electron chi connectivity index (χ2n) is 7.08. The van der Waals surface area contributed by atoms with E-state index in [-0.39, 0.29) is 0 Å². The van der Waals surface area contributed by atoms with Crippen LogP contribution in [-0.2, 0) is 0 Å². The Balaban J connectivity index is 2.70. The molecule has 0 radical (unpaired) electrons. The zero-order chi connectivity index (χ0) is 12.3. The SMILES string of the molecule is CCNC(C1CC(C)CC(C)C1)C(C)(C)C. The summed E-state index contributed by atoms with van der Waals surface area (Å²) in [6.45, 7) is 15.3. The minimum Gasteiger partial charge on any atom is -0.313 e. The molecule has 0 aliphatic heterocycles. The highest BCUT2D eigenvalue weighted by atomic mass is 14.9. The van der Waals surface area contributed by atoms with E-state index in [1.54, 1.807) is 0 Å². The molecule has 1 saturated carbocycles. The highest BCUT2D eigenvalue weighted by Crippen LogP contribution is 2.39. The fraction of sp³-hybridized carbons (Fsp3) is 1.00. The Morgan fingerprint density at radius 3 is 1.94 bits per heavy atom. The quantitative estimate of drug-likeness (QED) is 0.763. The summed E-state index contributed by atoms with van der Waals surface area (Å²) in [4.78, 5) is 0. The van der Waals surface area contributed by atoms with Gasteiger partial charge in [0.05, 0.1) is 0 Å². The van der Waals surface area contributed by atoms with Crippen LogP contribution in [0.1, 0.15) is 60.8 Å². The van der Waals surface area contributed by atoms with Crippen LogP contribution in [0.5, 0.6) is 0 Å². The summed E-state index contributed by atoms with van der Waals surface area (Å²) in [7, 11) is 0. The Morgan fingerprint density at radius 2 is 1.56 bits per heavy atom. The summed E-state index contributed by atoms with van der Waals surface area (Å²) < 4.78 is 0. The van der Waals surface area contributed by atoms with Crippen molar-refractivity contribution < 1.29 is 0 Å². The zero-order valence-corrected chi connectivity index (χ0v) is 12.1. The fourth-order valence-electron chi connectivity index (χ4n) is 3.68. The maximum absolute atomic E-state index is 3.73. The average molecular weight is 225 g/mol. The van der Waals surface area contributed by atoms with Crippen LogP contribution in [0.25, 0.3) is 0 Å². The van der Waals surface area contributed by atoms with Gasteiger partial charge < -0.3 is 5.32 Å². The topological polar surface area (TPSA) is 12.0 Å². The van der Waals surface area contributed by atoms with Crippen LogP contribution in [0, 0.1) is 23.2 Å². The van der Waals surface area contributed by atoms with Crippen molar-refractivity contribution in [1.82, 2.24) is 5.32 Å². The van der Waals surface area contributed by atoms with Gasteiger partial charge in [-0.2, -0.15) is 0 Å². The molecule has 1 aliphatic carbocycles. The lowest BCUT2D eigenvalue weighted by Gasteiger charge is -2.43. The third-order valence-electron chi connectivity index (χ3n) is 4.04. The molecule has 1 N–H and O–H groups in total. The fourth-order valence-corrected chi connectivity index (χ4v) is 3.68. The van der Waals surface area contributed by atoms with Crippen LogP contribution in [0.2, 0.25) is 0 Å². The molecule has 0 amide bonds. The molecular weight excluding hydrogens is 194 g/mol. The molecule has 1 aliphatic rings. The molecule has 96 valence electrons. The third kappa shape index (κ3) is 3.76. The number of hydrogen-bond acceptors (Lipinski definition) is 1. The monoisotopic (exact) mass is 225 g/mol. The molecule has 1 heteroatoms. The van der Waals surface area contributed by atoms with Crippen molar-refractivity contribution in [2.45, 2.75) is 66.8 Å². The summed E-state index contributed by atoms with van der Waals surface area (Å²) in [5, 5.41) is 3.73. The van der Waals surface area contributed by atoms with Gasteiger partial charge >= 0.3 is 0 Å². The first kappa shape index (κ1) is 14.0. The van der Waals surface area contributed by atoms with Gasteiger partial charge in [0.1, 0.15) is 0 Å². The van der Waals surface area contributed by atoms with Crippen LogP contribution >= 0.6 is 0 Å². The zero-order valence-electron chi connectivity index (χ0n) is 12.1. The molecule has 1 nitrogen and oxygen atoms in total. The molecule has 0 spiro atoms. The number of hydrogen-bond donors (Lipinski definition) is 1. The molecule has 3 atom stereocenters. The highest BCUT2D eigenvalue weighted by Gasteiger charge is 2.35. The lowest BCUT2D eigenvalue weighted by molar-refractivity contribution is 0.114. The molecule has 0 bridgehead atoms. The van der Waals surface area contributed by atoms with Gasteiger partial charge in [0.15, 0.2) is 0 Å². The van der Waals surface area contributed by atoms with Crippen LogP contribution in [0.15, 0.2) is 0 Å². The molecule has 0 heterocycles. The summed E-state index contributed by atoms with van der Waals surface area (Å²) in [5.41, 5.74) is 0.386. The maximum atomic E-state index is 3.73. The van der Waals surface area contributed by atoms with Crippen LogP contribution in [0.3, 0.4) is 0 Å². The molecule has 0 aromatic heterocycles. The standard InChI is InChI=1S/C15H31N/c1-7-16-14(15(4,5)6)13-9-11(2)8-12(3)10-13/h11-14,16H,7-10H2,1-6H3. The lowest BCUT2D eigenvalue weighted by atomic mass is 9.68. The molecule has 0 saturated heterocycles. The molecular formula is C15H31N. The van der Waals surface area contributed by atoms with Gasteiger partial charge in [-0.3, -0.25) is 0 Å². The summed E-state index contributed by atoms with van der Waals surface area (Å²) in [5.74, 6) is 2.70. The Hall–Kier alpha value is -0.0400. The van der Waals surface area contributed by atoms with Crippen LogP contribution < -0.4 is 5.32 Å². The van der Waals surface area contributed by atoms with Crippen molar-refractivity contribution in [2.24, 2.45) is 23.2 Å². The summed E-state index contributed by atoms with van der Waals surface area (Å²) in [6, 6.07) is 0.683. The van der Waals surface area contributed by atoms with Gasteiger partial charge in [0.25, 0.3) is 0 Å². The summed E-state index contributed by atoms with van der Waals surface area (Å²) >= 11 is 0. The number of nitrogens with one attached hydrogen (secondary N) is 1. The van der Waals surface area contributed by atoms with Gasteiger partial charge in [-0.05, 0) is 49.0 Å². The van der Waals surface area contributed by atoms with Gasteiger partial charge in [-0.25, -0.2) is 0 Å². The van der Waals surface area contributed by atoms with E-state index >= 15 is 0 Å². The van der Waals surface area contributed by atoms with E-state index in [4.69, 9.17) is 0 Å². The first-order valence-corrected chi connectivity index (χ1v) is 7.08. The Labute approximate surface area is 102 Å². The smallest absolute Gasteiger partial charge is 0.0144 e.